The second-order valence-electron chi connectivity index (χ2n) is 5.41. The van der Waals surface area contributed by atoms with Crippen molar-refractivity contribution in [2.75, 3.05) is 13.1 Å². The van der Waals surface area contributed by atoms with Crippen molar-refractivity contribution in [3.8, 4) is 0 Å². The molecular formula is C13H22N2O3S. The van der Waals surface area contributed by atoms with Gasteiger partial charge in [-0.3, -0.25) is 0 Å². The second kappa shape index (κ2) is 6.07. The minimum atomic E-state index is -3.38. The van der Waals surface area contributed by atoms with E-state index in [0.29, 0.717) is 25.4 Å². The lowest BCUT2D eigenvalue weighted by Crippen LogP contribution is -2.48. The van der Waals surface area contributed by atoms with Crippen LogP contribution < -0.4 is 4.72 Å². The smallest absolute Gasteiger partial charge is 0.279 e. The zero-order valence-corrected chi connectivity index (χ0v) is 12.3. The average Bonchev–Trinajstić information content (AvgIpc) is 2.81. The molecule has 0 bridgehead atoms. The molecule has 1 aliphatic heterocycles. The van der Waals surface area contributed by atoms with E-state index in [1.165, 1.54) is 0 Å². The average molecular weight is 286 g/mol. The molecule has 1 saturated heterocycles. The summed E-state index contributed by atoms with van der Waals surface area (Å²) >= 11 is 0. The molecule has 1 aromatic heterocycles. The first-order chi connectivity index (χ1) is 8.97. The number of nitrogens with one attached hydrogen (secondary N) is 1. The molecule has 0 aromatic carbocycles. The lowest BCUT2D eigenvalue weighted by Gasteiger charge is -2.31. The van der Waals surface area contributed by atoms with Gasteiger partial charge in [0.2, 0.25) is 0 Å². The quantitative estimate of drug-likeness (QED) is 0.897. The van der Waals surface area contributed by atoms with E-state index < -0.39 is 10.2 Å². The molecule has 19 heavy (non-hydrogen) atoms. The molecular weight excluding hydrogens is 264 g/mol. The SMILES string of the molecule is CC1CCCN(S(=O)(=O)NC(C)Cc2ccco2)C1. The summed E-state index contributed by atoms with van der Waals surface area (Å²) in [6.45, 7) is 5.18. The van der Waals surface area contributed by atoms with E-state index in [0.717, 1.165) is 18.6 Å². The highest BCUT2D eigenvalue weighted by atomic mass is 32.2. The third-order valence-corrected chi connectivity index (χ3v) is 5.11. The van der Waals surface area contributed by atoms with Crippen LogP contribution in [-0.4, -0.2) is 31.9 Å². The van der Waals surface area contributed by atoms with Gasteiger partial charge in [0, 0.05) is 25.6 Å². The van der Waals surface area contributed by atoms with Crippen LogP contribution in [0.4, 0.5) is 0 Å². The Morgan fingerprint density at radius 2 is 2.37 bits per heavy atom. The molecule has 2 unspecified atom stereocenters. The molecule has 1 aromatic rings. The monoisotopic (exact) mass is 286 g/mol. The van der Waals surface area contributed by atoms with Crippen molar-refractivity contribution in [1.29, 1.82) is 0 Å². The molecule has 0 saturated carbocycles. The van der Waals surface area contributed by atoms with Gasteiger partial charge in [-0.2, -0.15) is 17.4 Å². The molecule has 1 aliphatic rings. The van der Waals surface area contributed by atoms with Gasteiger partial charge in [-0.05, 0) is 37.8 Å². The maximum Gasteiger partial charge on any atom is 0.279 e. The van der Waals surface area contributed by atoms with Crippen molar-refractivity contribution >= 4 is 10.2 Å². The third-order valence-electron chi connectivity index (χ3n) is 3.40. The van der Waals surface area contributed by atoms with E-state index in [9.17, 15) is 8.42 Å². The highest BCUT2D eigenvalue weighted by molar-refractivity contribution is 7.87. The number of piperidine rings is 1. The summed E-state index contributed by atoms with van der Waals surface area (Å²) < 4.78 is 34.0. The van der Waals surface area contributed by atoms with Gasteiger partial charge in [0.15, 0.2) is 0 Å². The van der Waals surface area contributed by atoms with Crippen LogP contribution in [0.15, 0.2) is 22.8 Å². The molecule has 1 N–H and O–H groups in total. The summed E-state index contributed by atoms with van der Waals surface area (Å²) in [4.78, 5) is 0. The maximum absolute atomic E-state index is 12.3. The van der Waals surface area contributed by atoms with E-state index >= 15 is 0 Å². The Morgan fingerprint density at radius 3 is 3.00 bits per heavy atom. The summed E-state index contributed by atoms with van der Waals surface area (Å²) in [7, 11) is -3.38. The van der Waals surface area contributed by atoms with Gasteiger partial charge < -0.3 is 4.42 Å². The molecule has 6 heteroatoms. The zero-order chi connectivity index (χ0) is 13.9. The minimum absolute atomic E-state index is 0.173. The van der Waals surface area contributed by atoms with Crippen molar-refractivity contribution in [3.63, 3.8) is 0 Å². The molecule has 1 fully saturated rings. The number of hydrogen-bond donors (Lipinski definition) is 1. The van der Waals surface area contributed by atoms with Crippen molar-refractivity contribution in [2.24, 2.45) is 5.92 Å². The predicted octanol–water partition coefficient (Wildman–Crippen LogP) is 1.78. The maximum atomic E-state index is 12.3. The number of hydrogen-bond acceptors (Lipinski definition) is 3. The summed E-state index contributed by atoms with van der Waals surface area (Å²) in [6.07, 6.45) is 4.21. The second-order valence-corrected chi connectivity index (χ2v) is 7.12. The molecule has 0 radical (unpaired) electrons. The summed E-state index contributed by atoms with van der Waals surface area (Å²) in [5.74, 6) is 1.23. The number of nitrogens with zero attached hydrogens (tertiary/aromatic N) is 1. The molecule has 2 rings (SSSR count). The topological polar surface area (TPSA) is 62.6 Å². The lowest BCUT2D eigenvalue weighted by molar-refractivity contribution is 0.276. The number of furan rings is 1. The van der Waals surface area contributed by atoms with Gasteiger partial charge in [-0.1, -0.05) is 6.92 Å². The Hall–Kier alpha value is -0.850. The highest BCUT2D eigenvalue weighted by Gasteiger charge is 2.28. The van der Waals surface area contributed by atoms with Crippen molar-refractivity contribution in [2.45, 2.75) is 39.2 Å². The molecule has 0 spiro atoms. The van der Waals surface area contributed by atoms with E-state index in [-0.39, 0.29) is 6.04 Å². The van der Waals surface area contributed by atoms with Crippen LogP contribution in [0.2, 0.25) is 0 Å². The Morgan fingerprint density at radius 1 is 1.58 bits per heavy atom. The lowest BCUT2D eigenvalue weighted by atomic mass is 10.0. The molecule has 0 amide bonds. The first-order valence-corrected chi connectivity index (χ1v) is 8.21. The Bertz CT molecular complexity index is 484. The van der Waals surface area contributed by atoms with Gasteiger partial charge in [0.25, 0.3) is 10.2 Å². The van der Waals surface area contributed by atoms with Crippen LogP contribution in [-0.2, 0) is 16.6 Å². The largest absolute Gasteiger partial charge is 0.469 e. The Balaban J connectivity index is 1.92. The number of rotatable bonds is 5. The first-order valence-electron chi connectivity index (χ1n) is 6.77. The van der Waals surface area contributed by atoms with Gasteiger partial charge >= 0.3 is 0 Å². The molecule has 2 heterocycles. The van der Waals surface area contributed by atoms with Crippen LogP contribution in [0.5, 0.6) is 0 Å². The van der Waals surface area contributed by atoms with Crippen LogP contribution in [0.1, 0.15) is 32.4 Å². The zero-order valence-electron chi connectivity index (χ0n) is 11.5. The van der Waals surface area contributed by atoms with E-state index in [4.69, 9.17) is 4.42 Å². The fraction of sp³-hybridized carbons (Fsp3) is 0.692. The van der Waals surface area contributed by atoms with Crippen LogP contribution in [0.3, 0.4) is 0 Å². The fourth-order valence-electron chi connectivity index (χ4n) is 2.47. The van der Waals surface area contributed by atoms with E-state index in [1.54, 1.807) is 10.6 Å². The minimum Gasteiger partial charge on any atom is -0.469 e. The van der Waals surface area contributed by atoms with Gasteiger partial charge in [0.1, 0.15) is 5.76 Å². The summed E-state index contributed by atoms with van der Waals surface area (Å²) in [5.41, 5.74) is 0. The van der Waals surface area contributed by atoms with Gasteiger partial charge in [-0.15, -0.1) is 0 Å². The highest BCUT2D eigenvalue weighted by Crippen LogP contribution is 2.18. The Labute approximate surface area is 115 Å². The first kappa shape index (κ1) is 14.6. The predicted molar refractivity (Wildman–Crippen MR) is 73.9 cm³/mol. The van der Waals surface area contributed by atoms with Gasteiger partial charge in [0.05, 0.1) is 6.26 Å². The van der Waals surface area contributed by atoms with Gasteiger partial charge in [-0.25, -0.2) is 0 Å². The standard InChI is InChI=1S/C13H22N2O3S/c1-11-5-3-7-15(10-11)19(16,17)14-12(2)9-13-6-4-8-18-13/h4,6,8,11-12,14H,3,5,7,9-10H2,1-2H3. The van der Waals surface area contributed by atoms with Crippen molar-refractivity contribution in [3.05, 3.63) is 24.2 Å². The Kier molecular flexibility index (Phi) is 4.65. The van der Waals surface area contributed by atoms with Crippen LogP contribution >= 0.6 is 0 Å². The van der Waals surface area contributed by atoms with Crippen molar-refractivity contribution in [1.82, 2.24) is 9.03 Å². The van der Waals surface area contributed by atoms with Crippen molar-refractivity contribution < 1.29 is 12.8 Å². The summed E-state index contributed by atoms with van der Waals surface area (Å²) in [5, 5.41) is 0. The summed E-state index contributed by atoms with van der Waals surface area (Å²) in [6, 6.07) is 3.49. The van der Waals surface area contributed by atoms with E-state index in [2.05, 4.69) is 11.6 Å². The van der Waals surface area contributed by atoms with Crippen LogP contribution in [0.25, 0.3) is 0 Å². The third kappa shape index (κ3) is 4.06. The van der Waals surface area contributed by atoms with Crippen LogP contribution in [0, 0.1) is 5.92 Å². The molecule has 108 valence electrons. The molecule has 5 nitrogen and oxygen atoms in total. The normalized spacial score (nSPS) is 23.4. The molecule has 0 aliphatic carbocycles. The van der Waals surface area contributed by atoms with E-state index in [1.807, 2.05) is 19.1 Å². The fourth-order valence-corrected chi connectivity index (χ4v) is 4.03. The molecule has 2 atom stereocenters.